The largest absolute Gasteiger partial charge is 0.274 e. The lowest BCUT2D eigenvalue weighted by Crippen LogP contribution is -2.06. The molecule has 0 N–H and O–H groups in total. The Bertz CT molecular complexity index is 1050. The van der Waals surface area contributed by atoms with Gasteiger partial charge in [0.15, 0.2) is 5.65 Å². The minimum Gasteiger partial charge on any atom is -0.264 e. The lowest BCUT2D eigenvalue weighted by Gasteiger charge is -2.11. The SMILES string of the molecule is Cc1c(-n2ccc3ncc(-c4cccnc4)n32)cccc1[N+](=O)[O-]. The normalized spacial score (nSPS) is 11.0. The summed E-state index contributed by atoms with van der Waals surface area (Å²) in [5.41, 5.74) is 3.99. The minimum atomic E-state index is -0.366. The minimum absolute atomic E-state index is 0.0948. The summed E-state index contributed by atoms with van der Waals surface area (Å²) in [6, 6.07) is 10.7. The van der Waals surface area contributed by atoms with Crippen molar-refractivity contribution in [3.05, 3.63) is 76.9 Å². The van der Waals surface area contributed by atoms with Crippen molar-refractivity contribution >= 4 is 11.3 Å². The van der Waals surface area contributed by atoms with E-state index in [1.54, 1.807) is 31.6 Å². The molecule has 0 atom stereocenters. The Hall–Kier alpha value is -3.48. The van der Waals surface area contributed by atoms with Crippen LogP contribution in [0.15, 0.2) is 61.2 Å². The van der Waals surface area contributed by atoms with E-state index in [-0.39, 0.29) is 10.6 Å². The summed E-state index contributed by atoms with van der Waals surface area (Å²) in [4.78, 5) is 19.4. The van der Waals surface area contributed by atoms with E-state index in [2.05, 4.69) is 9.97 Å². The van der Waals surface area contributed by atoms with Crippen LogP contribution in [-0.2, 0) is 0 Å². The third kappa shape index (κ3) is 2.06. The molecule has 0 saturated carbocycles. The summed E-state index contributed by atoms with van der Waals surface area (Å²) in [5.74, 6) is 0. The summed E-state index contributed by atoms with van der Waals surface area (Å²) in [6.07, 6.45) is 7.11. The zero-order valence-corrected chi connectivity index (χ0v) is 12.8. The van der Waals surface area contributed by atoms with Crippen LogP contribution < -0.4 is 0 Å². The van der Waals surface area contributed by atoms with Crippen molar-refractivity contribution in [1.29, 1.82) is 0 Å². The molecule has 1 aromatic carbocycles. The molecule has 0 aliphatic rings. The number of hydrogen-bond acceptors (Lipinski definition) is 4. The van der Waals surface area contributed by atoms with Crippen LogP contribution in [0, 0.1) is 17.0 Å². The predicted octanol–water partition coefficient (Wildman–Crippen LogP) is 3.40. The van der Waals surface area contributed by atoms with E-state index in [0.717, 1.165) is 22.6 Å². The van der Waals surface area contributed by atoms with Gasteiger partial charge in [0, 0.05) is 36.3 Å². The number of aromatic nitrogens is 4. The Kier molecular flexibility index (Phi) is 3.13. The highest BCUT2D eigenvalue weighted by atomic mass is 16.6. The Morgan fingerprint density at radius 1 is 1.12 bits per heavy atom. The number of hydrogen-bond donors (Lipinski definition) is 0. The third-order valence-corrected chi connectivity index (χ3v) is 4.02. The van der Waals surface area contributed by atoms with Gasteiger partial charge in [0.25, 0.3) is 5.69 Å². The van der Waals surface area contributed by atoms with Crippen LogP contribution in [-0.4, -0.2) is 24.1 Å². The fraction of sp³-hybridized carbons (Fsp3) is 0.0588. The first-order valence-corrected chi connectivity index (χ1v) is 7.36. The molecule has 4 rings (SSSR count). The van der Waals surface area contributed by atoms with Crippen LogP contribution in [0.4, 0.5) is 5.69 Å². The van der Waals surface area contributed by atoms with Gasteiger partial charge in [0.1, 0.15) is 0 Å². The molecule has 3 aromatic heterocycles. The van der Waals surface area contributed by atoms with Crippen LogP contribution in [0.25, 0.3) is 22.6 Å². The smallest absolute Gasteiger partial charge is 0.264 e. The first-order chi connectivity index (χ1) is 11.7. The van der Waals surface area contributed by atoms with Crippen molar-refractivity contribution in [2.75, 3.05) is 0 Å². The number of nitrogens with zero attached hydrogens (tertiary/aromatic N) is 5. The number of nitro benzene ring substituents is 1. The first-order valence-electron chi connectivity index (χ1n) is 7.36. The second kappa shape index (κ2) is 5.31. The molecule has 0 spiro atoms. The van der Waals surface area contributed by atoms with E-state index >= 15 is 0 Å². The zero-order valence-electron chi connectivity index (χ0n) is 12.8. The van der Waals surface area contributed by atoms with E-state index in [9.17, 15) is 10.1 Å². The van der Waals surface area contributed by atoms with Crippen molar-refractivity contribution in [2.24, 2.45) is 0 Å². The lowest BCUT2D eigenvalue weighted by molar-refractivity contribution is -0.385. The van der Waals surface area contributed by atoms with Gasteiger partial charge >= 0.3 is 0 Å². The zero-order chi connectivity index (χ0) is 16.7. The molecule has 3 heterocycles. The molecule has 7 heteroatoms. The van der Waals surface area contributed by atoms with Crippen LogP contribution in [0.3, 0.4) is 0 Å². The van der Waals surface area contributed by atoms with E-state index in [1.807, 2.05) is 39.7 Å². The molecule has 118 valence electrons. The van der Waals surface area contributed by atoms with Gasteiger partial charge in [-0.05, 0) is 25.1 Å². The number of nitro groups is 1. The summed E-state index contributed by atoms with van der Waals surface area (Å²) >= 11 is 0. The van der Waals surface area contributed by atoms with Crippen molar-refractivity contribution in [1.82, 2.24) is 19.2 Å². The second-order valence-electron chi connectivity index (χ2n) is 5.39. The third-order valence-electron chi connectivity index (χ3n) is 4.02. The Morgan fingerprint density at radius 3 is 2.75 bits per heavy atom. The fourth-order valence-electron chi connectivity index (χ4n) is 2.86. The van der Waals surface area contributed by atoms with Gasteiger partial charge in [-0.3, -0.25) is 19.8 Å². The maximum Gasteiger partial charge on any atom is 0.274 e. The molecule has 4 aromatic rings. The van der Waals surface area contributed by atoms with Crippen LogP contribution in [0.1, 0.15) is 5.56 Å². The van der Waals surface area contributed by atoms with Gasteiger partial charge in [-0.2, -0.15) is 0 Å². The number of benzene rings is 1. The molecule has 0 aliphatic heterocycles. The number of imidazole rings is 1. The summed E-state index contributed by atoms with van der Waals surface area (Å²) in [7, 11) is 0. The van der Waals surface area contributed by atoms with E-state index < -0.39 is 0 Å². The van der Waals surface area contributed by atoms with Crippen LogP contribution in [0.2, 0.25) is 0 Å². The van der Waals surface area contributed by atoms with Crippen molar-refractivity contribution in [3.8, 4) is 16.9 Å². The van der Waals surface area contributed by atoms with E-state index in [0.29, 0.717) is 5.56 Å². The van der Waals surface area contributed by atoms with Gasteiger partial charge in [-0.15, -0.1) is 0 Å². The van der Waals surface area contributed by atoms with Gasteiger partial charge in [-0.1, -0.05) is 6.07 Å². The van der Waals surface area contributed by atoms with Gasteiger partial charge in [-0.25, -0.2) is 9.50 Å². The summed E-state index contributed by atoms with van der Waals surface area (Å²) in [6.45, 7) is 1.75. The van der Waals surface area contributed by atoms with Gasteiger partial charge in [0.05, 0.1) is 28.1 Å². The van der Waals surface area contributed by atoms with Gasteiger partial charge < -0.3 is 0 Å². The monoisotopic (exact) mass is 319 g/mol. The number of pyridine rings is 1. The molecule has 7 nitrogen and oxygen atoms in total. The average molecular weight is 319 g/mol. The lowest BCUT2D eigenvalue weighted by atomic mass is 10.1. The summed E-state index contributed by atoms with van der Waals surface area (Å²) < 4.78 is 3.79. The first kappa shape index (κ1) is 14.1. The fourth-order valence-corrected chi connectivity index (χ4v) is 2.86. The topological polar surface area (TPSA) is 78.3 Å². The van der Waals surface area contributed by atoms with Crippen molar-refractivity contribution in [2.45, 2.75) is 6.92 Å². The number of fused-ring (bicyclic) bond motifs is 1. The van der Waals surface area contributed by atoms with Crippen molar-refractivity contribution in [3.63, 3.8) is 0 Å². The molecule has 0 fully saturated rings. The molecule has 24 heavy (non-hydrogen) atoms. The average Bonchev–Trinajstić information content (AvgIpc) is 3.18. The van der Waals surface area contributed by atoms with E-state index in [4.69, 9.17) is 0 Å². The Balaban J connectivity index is 1.98. The standard InChI is InChI=1S/C17H13N5O2/c1-12-14(5-2-6-15(12)22(23)24)20-9-7-17-19-11-16(21(17)20)13-4-3-8-18-10-13/h2-11H,1H3. The highest BCUT2D eigenvalue weighted by molar-refractivity contribution is 5.63. The molecule has 0 unspecified atom stereocenters. The Labute approximate surface area is 137 Å². The van der Waals surface area contributed by atoms with E-state index in [1.165, 1.54) is 6.07 Å². The molecule has 0 radical (unpaired) electrons. The predicted molar refractivity (Wildman–Crippen MR) is 89.1 cm³/mol. The summed E-state index contributed by atoms with van der Waals surface area (Å²) in [5, 5.41) is 11.2. The van der Waals surface area contributed by atoms with Crippen molar-refractivity contribution < 1.29 is 4.92 Å². The highest BCUT2D eigenvalue weighted by Crippen LogP contribution is 2.27. The molecule has 0 saturated heterocycles. The molecule has 0 aliphatic carbocycles. The van der Waals surface area contributed by atoms with Crippen LogP contribution >= 0.6 is 0 Å². The molecular formula is C17H13N5O2. The molecule has 0 bridgehead atoms. The molecule has 0 amide bonds. The molecular weight excluding hydrogens is 306 g/mol. The number of rotatable bonds is 3. The Morgan fingerprint density at radius 2 is 2.00 bits per heavy atom. The maximum absolute atomic E-state index is 11.2. The maximum atomic E-state index is 11.2. The van der Waals surface area contributed by atoms with Crippen LogP contribution in [0.5, 0.6) is 0 Å². The highest BCUT2D eigenvalue weighted by Gasteiger charge is 2.17. The van der Waals surface area contributed by atoms with Gasteiger partial charge in [0.2, 0.25) is 0 Å². The quantitative estimate of drug-likeness (QED) is 0.428. The second-order valence-corrected chi connectivity index (χ2v) is 5.39.